The van der Waals surface area contributed by atoms with Crippen LogP contribution in [-0.4, -0.2) is 35.4 Å². The third kappa shape index (κ3) is 2.87. The molecule has 2 heterocycles. The zero-order valence-electron chi connectivity index (χ0n) is 10.7. The average molecular weight is 300 g/mol. The molecule has 1 fully saturated rings. The predicted molar refractivity (Wildman–Crippen MR) is 79.2 cm³/mol. The summed E-state index contributed by atoms with van der Waals surface area (Å²) in [6.45, 7) is 1.30. The molecule has 0 amide bonds. The van der Waals surface area contributed by atoms with Gasteiger partial charge in [0.2, 0.25) is 0 Å². The summed E-state index contributed by atoms with van der Waals surface area (Å²) in [6, 6.07) is 6.07. The van der Waals surface area contributed by atoms with Gasteiger partial charge in [0.15, 0.2) is 0 Å². The zero-order valence-corrected chi connectivity index (χ0v) is 12.3. The maximum Gasteiger partial charge on any atom is 0.142 e. The molecule has 0 aliphatic carbocycles. The van der Waals surface area contributed by atoms with Gasteiger partial charge >= 0.3 is 0 Å². The highest BCUT2D eigenvalue weighted by molar-refractivity contribution is 7.99. The first-order valence-corrected chi connectivity index (χ1v) is 8.16. The number of rotatable bonds is 3. The third-order valence-electron chi connectivity index (χ3n) is 3.79. The van der Waals surface area contributed by atoms with Crippen LogP contribution < -0.4 is 10.1 Å². The molecule has 0 aromatic heterocycles. The molecule has 0 bridgehead atoms. The molecular formula is C14H18ClNO2S. The first-order chi connectivity index (χ1) is 9.18. The summed E-state index contributed by atoms with van der Waals surface area (Å²) >= 11 is 7.98. The van der Waals surface area contributed by atoms with E-state index in [0.717, 1.165) is 35.7 Å². The maximum absolute atomic E-state index is 10.4. The summed E-state index contributed by atoms with van der Waals surface area (Å²) in [7, 11) is 0. The van der Waals surface area contributed by atoms with Crippen LogP contribution in [0.25, 0.3) is 0 Å². The van der Waals surface area contributed by atoms with E-state index in [4.69, 9.17) is 16.3 Å². The van der Waals surface area contributed by atoms with E-state index in [1.807, 2.05) is 30.0 Å². The Kier molecular flexibility index (Phi) is 3.94. The topological polar surface area (TPSA) is 41.5 Å². The Morgan fingerprint density at radius 2 is 2.42 bits per heavy atom. The summed E-state index contributed by atoms with van der Waals surface area (Å²) in [6.07, 6.45) is 1.78. The molecule has 2 unspecified atom stereocenters. The highest BCUT2D eigenvalue weighted by Crippen LogP contribution is 2.38. The fourth-order valence-electron chi connectivity index (χ4n) is 2.65. The molecule has 19 heavy (non-hydrogen) atoms. The minimum Gasteiger partial charge on any atom is -0.492 e. The first kappa shape index (κ1) is 13.6. The van der Waals surface area contributed by atoms with E-state index in [-0.39, 0.29) is 6.04 Å². The second-order valence-electron chi connectivity index (χ2n) is 5.26. The van der Waals surface area contributed by atoms with Crippen molar-refractivity contribution in [3.63, 3.8) is 0 Å². The van der Waals surface area contributed by atoms with E-state index >= 15 is 0 Å². The van der Waals surface area contributed by atoms with Gasteiger partial charge < -0.3 is 15.2 Å². The number of hydrogen-bond acceptors (Lipinski definition) is 4. The van der Waals surface area contributed by atoms with E-state index in [1.54, 1.807) is 0 Å². The number of fused-ring (bicyclic) bond motifs is 1. The quantitative estimate of drug-likeness (QED) is 0.900. The Morgan fingerprint density at radius 1 is 1.53 bits per heavy atom. The molecular weight excluding hydrogens is 282 g/mol. The van der Waals surface area contributed by atoms with Gasteiger partial charge in [-0.05, 0) is 18.2 Å². The fraction of sp³-hybridized carbons (Fsp3) is 0.571. The van der Waals surface area contributed by atoms with Gasteiger partial charge in [0, 0.05) is 30.3 Å². The third-order valence-corrected chi connectivity index (χ3v) is 5.32. The minimum absolute atomic E-state index is 0.220. The Bertz CT molecular complexity index is 463. The van der Waals surface area contributed by atoms with Crippen LogP contribution in [-0.2, 0) is 0 Å². The van der Waals surface area contributed by atoms with Crippen molar-refractivity contribution in [2.24, 2.45) is 0 Å². The lowest BCUT2D eigenvalue weighted by Crippen LogP contribution is -2.42. The molecule has 3 nitrogen and oxygen atoms in total. The van der Waals surface area contributed by atoms with Crippen molar-refractivity contribution in [1.82, 2.24) is 5.32 Å². The van der Waals surface area contributed by atoms with Gasteiger partial charge in [0.1, 0.15) is 5.75 Å². The smallest absolute Gasteiger partial charge is 0.142 e. The van der Waals surface area contributed by atoms with E-state index in [0.29, 0.717) is 18.2 Å². The predicted octanol–water partition coefficient (Wildman–Crippen LogP) is 2.62. The van der Waals surface area contributed by atoms with Gasteiger partial charge in [-0.25, -0.2) is 0 Å². The SMILES string of the molecule is OC1(CNC2CCOc3c(Cl)cccc32)CCSC1. The molecule has 2 N–H and O–H groups in total. The summed E-state index contributed by atoms with van der Waals surface area (Å²) < 4.78 is 5.64. The van der Waals surface area contributed by atoms with Crippen LogP contribution in [0, 0.1) is 0 Å². The molecule has 3 rings (SSSR count). The normalized spacial score (nSPS) is 29.9. The zero-order chi connectivity index (χ0) is 13.3. The molecule has 1 aromatic rings. The van der Waals surface area contributed by atoms with Crippen molar-refractivity contribution < 1.29 is 9.84 Å². The fourth-order valence-corrected chi connectivity index (χ4v) is 4.18. The molecule has 2 atom stereocenters. The van der Waals surface area contributed by atoms with Crippen molar-refractivity contribution in [1.29, 1.82) is 0 Å². The van der Waals surface area contributed by atoms with Gasteiger partial charge in [-0.15, -0.1) is 0 Å². The van der Waals surface area contributed by atoms with Crippen LogP contribution in [0.15, 0.2) is 18.2 Å². The molecule has 5 heteroatoms. The monoisotopic (exact) mass is 299 g/mol. The van der Waals surface area contributed by atoms with E-state index < -0.39 is 5.60 Å². The van der Waals surface area contributed by atoms with Crippen LogP contribution in [0.2, 0.25) is 5.02 Å². The van der Waals surface area contributed by atoms with Gasteiger partial charge in [-0.1, -0.05) is 23.7 Å². The highest BCUT2D eigenvalue weighted by atomic mass is 35.5. The molecule has 0 saturated carbocycles. The molecule has 2 aliphatic rings. The number of benzene rings is 1. The largest absolute Gasteiger partial charge is 0.492 e. The molecule has 104 valence electrons. The summed E-state index contributed by atoms with van der Waals surface area (Å²) in [5.74, 6) is 2.67. The van der Waals surface area contributed by atoms with Crippen LogP contribution >= 0.6 is 23.4 Å². The van der Waals surface area contributed by atoms with Crippen LogP contribution in [0.5, 0.6) is 5.75 Å². The molecule has 0 radical (unpaired) electrons. The molecule has 1 aromatic carbocycles. The van der Waals surface area contributed by atoms with Crippen molar-refractivity contribution >= 4 is 23.4 Å². The van der Waals surface area contributed by atoms with Crippen molar-refractivity contribution in [3.8, 4) is 5.75 Å². The average Bonchev–Trinajstić information content (AvgIpc) is 2.84. The second kappa shape index (κ2) is 5.52. The molecule has 0 spiro atoms. The van der Waals surface area contributed by atoms with Crippen molar-refractivity contribution in [2.45, 2.75) is 24.5 Å². The van der Waals surface area contributed by atoms with Gasteiger partial charge in [-0.2, -0.15) is 11.8 Å². The molecule has 2 aliphatic heterocycles. The van der Waals surface area contributed by atoms with Gasteiger partial charge in [0.25, 0.3) is 0 Å². The van der Waals surface area contributed by atoms with E-state index in [2.05, 4.69) is 5.32 Å². The Balaban J connectivity index is 1.71. The van der Waals surface area contributed by atoms with Gasteiger partial charge in [-0.3, -0.25) is 0 Å². The standard InChI is InChI=1S/C14H18ClNO2S/c15-11-3-1-2-10-12(4-6-18-13(10)11)16-8-14(17)5-7-19-9-14/h1-3,12,16-17H,4-9H2. The van der Waals surface area contributed by atoms with Crippen LogP contribution in [0.1, 0.15) is 24.4 Å². The Labute approximate surface area is 122 Å². The van der Waals surface area contributed by atoms with Crippen LogP contribution in [0.4, 0.5) is 0 Å². The van der Waals surface area contributed by atoms with E-state index in [9.17, 15) is 5.11 Å². The Hall–Kier alpha value is -0.420. The first-order valence-electron chi connectivity index (χ1n) is 6.63. The van der Waals surface area contributed by atoms with E-state index in [1.165, 1.54) is 0 Å². The van der Waals surface area contributed by atoms with Crippen molar-refractivity contribution in [2.75, 3.05) is 24.7 Å². The summed E-state index contributed by atoms with van der Waals surface area (Å²) in [5, 5.41) is 14.5. The Morgan fingerprint density at radius 3 is 3.21 bits per heavy atom. The second-order valence-corrected chi connectivity index (χ2v) is 6.77. The number of nitrogens with one attached hydrogen (secondary N) is 1. The highest BCUT2D eigenvalue weighted by Gasteiger charge is 2.33. The lowest BCUT2D eigenvalue weighted by Gasteiger charge is -2.30. The molecule has 1 saturated heterocycles. The maximum atomic E-state index is 10.4. The number of aliphatic hydroxyl groups is 1. The number of ether oxygens (including phenoxy) is 1. The van der Waals surface area contributed by atoms with Crippen molar-refractivity contribution in [3.05, 3.63) is 28.8 Å². The number of para-hydroxylation sites is 1. The summed E-state index contributed by atoms with van der Waals surface area (Å²) in [4.78, 5) is 0. The number of halogens is 1. The summed E-state index contributed by atoms with van der Waals surface area (Å²) in [5.41, 5.74) is 0.551. The van der Waals surface area contributed by atoms with Gasteiger partial charge in [0.05, 0.1) is 17.2 Å². The lowest BCUT2D eigenvalue weighted by atomic mass is 9.98. The number of hydrogen-bond donors (Lipinski definition) is 2. The van der Waals surface area contributed by atoms with Crippen LogP contribution in [0.3, 0.4) is 0 Å². The minimum atomic E-state index is -0.554. The lowest BCUT2D eigenvalue weighted by molar-refractivity contribution is 0.0624. The number of thioether (sulfide) groups is 1.